The largest absolute Gasteiger partial charge is 0.456 e. The molecule has 0 saturated heterocycles. The monoisotopic (exact) mass is 679 g/mol. The third-order valence-electron chi connectivity index (χ3n) is 11.1. The average Bonchev–Trinajstić information content (AvgIpc) is 3.70. The molecule has 0 atom stereocenters. The Labute approximate surface area is 310 Å². The summed E-state index contributed by atoms with van der Waals surface area (Å²) in [5.74, 6) is 0. The molecule has 2 heteroatoms. The Morgan fingerprint density at radius 1 is 0.396 bits per heavy atom. The zero-order chi connectivity index (χ0) is 35.5. The van der Waals surface area contributed by atoms with E-state index < -0.39 is 0 Å². The number of hydrogen-bond donors (Lipinski definition) is 0. The van der Waals surface area contributed by atoms with Gasteiger partial charge < -0.3 is 9.32 Å². The maximum atomic E-state index is 6.39. The fourth-order valence-electron chi connectivity index (χ4n) is 8.52. The standard InChI is InChI=1S/C51H37NO/c1-51(2)44-22-10-6-20-43(44)50-42(21-14-23-45(50)51)39-18-8-12-25-47(39)52(37-30-27-35(28-31-37)34-15-4-3-5-16-34)46-24-11-7-17-38(46)36-29-32-41-40-19-9-13-26-48(40)53-49(41)33-36/h3-33H,1-2H3. The number of benzene rings is 8. The molecule has 0 amide bonds. The van der Waals surface area contributed by atoms with Gasteiger partial charge in [0.2, 0.25) is 0 Å². The third-order valence-corrected chi connectivity index (χ3v) is 11.1. The summed E-state index contributed by atoms with van der Waals surface area (Å²) < 4.78 is 6.39. The van der Waals surface area contributed by atoms with Crippen molar-refractivity contribution in [3.05, 3.63) is 199 Å². The molecule has 1 aliphatic carbocycles. The molecule has 0 bridgehead atoms. The van der Waals surface area contributed by atoms with Crippen molar-refractivity contribution in [3.8, 4) is 44.5 Å². The summed E-state index contributed by atoms with van der Waals surface area (Å²) in [7, 11) is 0. The second-order valence-electron chi connectivity index (χ2n) is 14.5. The third kappa shape index (κ3) is 5.02. The second-order valence-corrected chi connectivity index (χ2v) is 14.5. The van der Waals surface area contributed by atoms with E-state index in [0.717, 1.165) is 50.1 Å². The van der Waals surface area contributed by atoms with E-state index in [2.05, 4.69) is 195 Å². The van der Waals surface area contributed by atoms with Gasteiger partial charge in [0.1, 0.15) is 11.2 Å². The minimum absolute atomic E-state index is 0.0915. The Morgan fingerprint density at radius 2 is 0.962 bits per heavy atom. The van der Waals surface area contributed by atoms with Crippen molar-refractivity contribution in [2.45, 2.75) is 19.3 Å². The lowest BCUT2D eigenvalue weighted by Crippen LogP contribution is -2.15. The van der Waals surface area contributed by atoms with Crippen LogP contribution >= 0.6 is 0 Å². The molecule has 1 aliphatic rings. The molecule has 8 aromatic carbocycles. The molecule has 2 nitrogen and oxygen atoms in total. The van der Waals surface area contributed by atoms with Crippen LogP contribution in [0.5, 0.6) is 0 Å². The second kappa shape index (κ2) is 12.3. The van der Waals surface area contributed by atoms with Gasteiger partial charge in [0.05, 0.1) is 11.4 Å². The van der Waals surface area contributed by atoms with Crippen molar-refractivity contribution in [1.82, 2.24) is 0 Å². The fourth-order valence-corrected chi connectivity index (χ4v) is 8.52. The first-order valence-corrected chi connectivity index (χ1v) is 18.4. The zero-order valence-electron chi connectivity index (χ0n) is 29.8. The number of anilines is 3. The van der Waals surface area contributed by atoms with E-state index in [1.54, 1.807) is 0 Å². The fraction of sp³-hybridized carbons (Fsp3) is 0.0588. The highest BCUT2D eigenvalue weighted by molar-refractivity contribution is 6.07. The minimum Gasteiger partial charge on any atom is -0.456 e. The van der Waals surface area contributed by atoms with Crippen LogP contribution in [0.1, 0.15) is 25.0 Å². The summed E-state index contributed by atoms with van der Waals surface area (Å²) in [6, 6.07) is 67.9. The first-order chi connectivity index (χ1) is 26.1. The van der Waals surface area contributed by atoms with Crippen LogP contribution in [0.4, 0.5) is 17.1 Å². The summed E-state index contributed by atoms with van der Waals surface area (Å²) in [5, 5.41) is 2.26. The van der Waals surface area contributed by atoms with E-state index >= 15 is 0 Å². The molecule has 0 fully saturated rings. The van der Waals surface area contributed by atoms with E-state index in [1.165, 1.54) is 44.5 Å². The summed E-state index contributed by atoms with van der Waals surface area (Å²) >= 11 is 0. The van der Waals surface area contributed by atoms with Crippen LogP contribution < -0.4 is 4.90 Å². The summed E-state index contributed by atoms with van der Waals surface area (Å²) in [6.07, 6.45) is 0. The van der Waals surface area contributed by atoms with Crippen LogP contribution in [0.15, 0.2) is 192 Å². The minimum atomic E-state index is -0.0915. The van der Waals surface area contributed by atoms with E-state index in [9.17, 15) is 0 Å². The highest BCUT2D eigenvalue weighted by atomic mass is 16.3. The molecule has 0 N–H and O–H groups in total. The summed E-state index contributed by atoms with van der Waals surface area (Å²) in [6.45, 7) is 4.70. The van der Waals surface area contributed by atoms with Gasteiger partial charge in [0, 0.05) is 33.0 Å². The maximum Gasteiger partial charge on any atom is 0.136 e. The van der Waals surface area contributed by atoms with Gasteiger partial charge in [-0.2, -0.15) is 0 Å². The quantitative estimate of drug-likeness (QED) is 0.174. The molecule has 0 aliphatic heterocycles. The topological polar surface area (TPSA) is 16.4 Å². The molecule has 9 aromatic rings. The van der Waals surface area contributed by atoms with Crippen molar-refractivity contribution in [2.75, 3.05) is 4.90 Å². The molecule has 1 heterocycles. The average molecular weight is 680 g/mol. The van der Waals surface area contributed by atoms with Crippen molar-refractivity contribution >= 4 is 39.0 Å². The van der Waals surface area contributed by atoms with Crippen LogP contribution in [0.25, 0.3) is 66.4 Å². The number of rotatable bonds is 6. The smallest absolute Gasteiger partial charge is 0.136 e. The van der Waals surface area contributed by atoms with E-state index in [1.807, 2.05) is 12.1 Å². The number of hydrogen-bond acceptors (Lipinski definition) is 2. The number of fused-ring (bicyclic) bond motifs is 6. The Kier molecular flexibility index (Phi) is 7.19. The molecule has 0 spiro atoms. The number of furan rings is 1. The summed E-state index contributed by atoms with van der Waals surface area (Å²) in [5.41, 5.74) is 17.4. The molecule has 252 valence electrons. The Morgan fingerprint density at radius 3 is 1.77 bits per heavy atom. The normalized spacial score (nSPS) is 12.9. The van der Waals surface area contributed by atoms with Gasteiger partial charge in [-0.3, -0.25) is 0 Å². The molecule has 0 saturated carbocycles. The zero-order valence-corrected chi connectivity index (χ0v) is 29.8. The Balaban J connectivity index is 1.20. The van der Waals surface area contributed by atoms with E-state index in [0.29, 0.717) is 0 Å². The molecular formula is C51H37NO. The van der Waals surface area contributed by atoms with Crippen LogP contribution in [0, 0.1) is 0 Å². The van der Waals surface area contributed by atoms with Gasteiger partial charge >= 0.3 is 0 Å². The SMILES string of the molecule is CC1(C)c2ccccc2-c2c(-c3ccccc3N(c3ccc(-c4ccccc4)cc3)c3ccccc3-c3ccc4c(c3)oc3ccccc34)cccc21. The van der Waals surface area contributed by atoms with Gasteiger partial charge in [-0.05, 0) is 87.0 Å². The van der Waals surface area contributed by atoms with E-state index in [-0.39, 0.29) is 5.41 Å². The highest BCUT2D eigenvalue weighted by Crippen LogP contribution is 2.54. The van der Waals surface area contributed by atoms with Crippen LogP contribution in [0.3, 0.4) is 0 Å². The van der Waals surface area contributed by atoms with Crippen molar-refractivity contribution in [3.63, 3.8) is 0 Å². The lowest BCUT2D eigenvalue weighted by molar-refractivity contribution is 0.660. The molecule has 0 unspecified atom stereocenters. The van der Waals surface area contributed by atoms with Crippen molar-refractivity contribution in [1.29, 1.82) is 0 Å². The van der Waals surface area contributed by atoms with Gasteiger partial charge in [0.25, 0.3) is 0 Å². The van der Waals surface area contributed by atoms with Gasteiger partial charge in [-0.15, -0.1) is 0 Å². The van der Waals surface area contributed by atoms with E-state index in [4.69, 9.17) is 4.42 Å². The van der Waals surface area contributed by atoms with Crippen molar-refractivity contribution in [2.24, 2.45) is 0 Å². The molecule has 10 rings (SSSR count). The number of para-hydroxylation sites is 3. The molecule has 1 aromatic heterocycles. The van der Waals surface area contributed by atoms with Gasteiger partial charge in [-0.1, -0.05) is 159 Å². The lowest BCUT2D eigenvalue weighted by atomic mass is 9.82. The lowest BCUT2D eigenvalue weighted by Gasteiger charge is -2.30. The van der Waals surface area contributed by atoms with Crippen molar-refractivity contribution < 1.29 is 4.42 Å². The maximum absolute atomic E-state index is 6.39. The van der Waals surface area contributed by atoms with Crippen LogP contribution in [0.2, 0.25) is 0 Å². The van der Waals surface area contributed by atoms with Crippen LogP contribution in [-0.2, 0) is 5.41 Å². The van der Waals surface area contributed by atoms with Gasteiger partial charge in [0.15, 0.2) is 0 Å². The molecule has 0 radical (unpaired) electrons. The molecule has 53 heavy (non-hydrogen) atoms. The summed E-state index contributed by atoms with van der Waals surface area (Å²) in [4.78, 5) is 2.44. The Hall–Kier alpha value is -6.64. The highest BCUT2D eigenvalue weighted by Gasteiger charge is 2.37. The molecular weight excluding hydrogens is 643 g/mol. The predicted molar refractivity (Wildman–Crippen MR) is 222 cm³/mol. The predicted octanol–water partition coefficient (Wildman–Crippen LogP) is 14.4. The van der Waals surface area contributed by atoms with Gasteiger partial charge in [-0.25, -0.2) is 0 Å². The Bertz CT molecular complexity index is 2810. The van der Waals surface area contributed by atoms with Crippen LogP contribution in [-0.4, -0.2) is 0 Å². The first kappa shape index (κ1) is 31.1. The first-order valence-electron chi connectivity index (χ1n) is 18.4. The number of nitrogens with zero attached hydrogens (tertiary/aromatic N) is 1.